The Bertz CT molecular complexity index is 1140. The Balaban J connectivity index is 1.95. The van der Waals surface area contributed by atoms with Crippen molar-refractivity contribution in [3.63, 3.8) is 0 Å². The molecule has 2 heterocycles. The van der Waals surface area contributed by atoms with Crippen LogP contribution in [0.15, 0.2) is 35.2 Å². The summed E-state index contributed by atoms with van der Waals surface area (Å²) in [5, 5.41) is 4.00. The van der Waals surface area contributed by atoms with Gasteiger partial charge in [-0.05, 0) is 39.0 Å². The van der Waals surface area contributed by atoms with Gasteiger partial charge in [0.1, 0.15) is 16.5 Å². The highest BCUT2D eigenvalue weighted by Gasteiger charge is 2.34. The zero-order chi connectivity index (χ0) is 21.4. The van der Waals surface area contributed by atoms with Crippen LogP contribution in [-0.2, 0) is 10.0 Å². The van der Waals surface area contributed by atoms with Crippen LogP contribution >= 0.6 is 0 Å². The first-order chi connectivity index (χ1) is 13.4. The van der Waals surface area contributed by atoms with E-state index in [-0.39, 0.29) is 17.7 Å². The first-order valence-electron chi connectivity index (χ1n) is 8.08. The molecule has 0 spiro atoms. The topological polar surface area (TPSA) is 112 Å². The number of halogens is 3. The van der Waals surface area contributed by atoms with E-state index in [1.54, 1.807) is 26.8 Å². The highest BCUT2D eigenvalue weighted by Crippen LogP contribution is 2.30. The van der Waals surface area contributed by atoms with E-state index in [0.717, 1.165) is 12.1 Å². The van der Waals surface area contributed by atoms with Crippen LogP contribution in [0, 0.1) is 20.8 Å². The van der Waals surface area contributed by atoms with Crippen molar-refractivity contribution in [1.82, 2.24) is 24.7 Å². The van der Waals surface area contributed by atoms with Crippen molar-refractivity contribution in [1.29, 1.82) is 0 Å². The molecule has 3 rings (SSSR count). The molecule has 0 unspecified atom stereocenters. The van der Waals surface area contributed by atoms with Gasteiger partial charge in [0.15, 0.2) is 0 Å². The third-order valence-corrected chi connectivity index (χ3v) is 4.89. The molecular weight excluding hydrogens is 413 g/mol. The van der Waals surface area contributed by atoms with E-state index < -0.39 is 27.0 Å². The molecule has 0 radical (unpaired) electrons. The van der Waals surface area contributed by atoms with E-state index in [1.165, 1.54) is 16.8 Å². The Labute approximate surface area is 163 Å². The zero-order valence-corrected chi connectivity index (χ0v) is 16.2. The molecule has 3 aromatic rings. The number of benzene rings is 1. The van der Waals surface area contributed by atoms with Crippen molar-refractivity contribution in [3.8, 4) is 11.7 Å². The number of anilines is 1. The number of aromatic nitrogens is 5. The SMILES string of the molecule is Cc1cc(C)nc(-n2nc(NS(=O)(=O)c3ccccc3OC(F)(F)F)nc2C)n1. The van der Waals surface area contributed by atoms with Crippen molar-refractivity contribution in [2.75, 3.05) is 4.72 Å². The fourth-order valence-corrected chi connectivity index (χ4v) is 3.55. The number of nitrogens with zero attached hydrogens (tertiary/aromatic N) is 5. The fourth-order valence-electron chi connectivity index (χ4n) is 2.48. The van der Waals surface area contributed by atoms with Crippen LogP contribution in [0.2, 0.25) is 0 Å². The maximum Gasteiger partial charge on any atom is 0.573 e. The maximum atomic E-state index is 12.6. The molecule has 0 aliphatic heterocycles. The summed E-state index contributed by atoms with van der Waals surface area (Å²) in [5.74, 6) is -0.778. The lowest BCUT2D eigenvalue weighted by atomic mass is 10.3. The highest BCUT2D eigenvalue weighted by atomic mass is 32.2. The summed E-state index contributed by atoms with van der Waals surface area (Å²) < 4.78 is 69.9. The van der Waals surface area contributed by atoms with E-state index in [2.05, 4.69) is 24.8 Å². The van der Waals surface area contributed by atoms with Crippen molar-refractivity contribution in [3.05, 3.63) is 47.5 Å². The van der Waals surface area contributed by atoms with E-state index in [0.29, 0.717) is 11.4 Å². The van der Waals surface area contributed by atoms with Crippen LogP contribution in [-0.4, -0.2) is 39.5 Å². The number of sulfonamides is 1. The average molecular weight is 428 g/mol. The van der Waals surface area contributed by atoms with Crippen molar-refractivity contribution < 1.29 is 26.3 Å². The lowest BCUT2D eigenvalue weighted by molar-refractivity contribution is -0.275. The van der Waals surface area contributed by atoms with E-state index >= 15 is 0 Å². The van der Waals surface area contributed by atoms with Crippen LogP contribution in [0.3, 0.4) is 0 Å². The van der Waals surface area contributed by atoms with Crippen LogP contribution in [0.1, 0.15) is 17.2 Å². The molecule has 0 saturated heterocycles. The third kappa shape index (κ3) is 4.80. The number of para-hydroxylation sites is 1. The van der Waals surface area contributed by atoms with Crippen LogP contribution in [0.5, 0.6) is 5.75 Å². The quantitative estimate of drug-likeness (QED) is 0.665. The highest BCUT2D eigenvalue weighted by molar-refractivity contribution is 7.92. The van der Waals surface area contributed by atoms with Gasteiger partial charge in [0, 0.05) is 11.4 Å². The lowest BCUT2D eigenvalue weighted by Gasteiger charge is -2.13. The molecule has 0 amide bonds. The van der Waals surface area contributed by atoms with Crippen molar-refractivity contribution in [2.24, 2.45) is 0 Å². The summed E-state index contributed by atoms with van der Waals surface area (Å²) in [4.78, 5) is 11.7. The molecule has 0 fully saturated rings. The predicted molar refractivity (Wildman–Crippen MR) is 95.1 cm³/mol. The average Bonchev–Trinajstić information content (AvgIpc) is 2.92. The Morgan fingerprint density at radius 2 is 1.66 bits per heavy atom. The Morgan fingerprint density at radius 1 is 1.03 bits per heavy atom. The third-order valence-electron chi connectivity index (χ3n) is 3.52. The maximum absolute atomic E-state index is 12.6. The van der Waals surface area contributed by atoms with Gasteiger partial charge in [-0.2, -0.15) is 9.67 Å². The van der Waals surface area contributed by atoms with Gasteiger partial charge in [-0.25, -0.2) is 23.1 Å². The fraction of sp³-hybridized carbons (Fsp3) is 0.250. The van der Waals surface area contributed by atoms with Gasteiger partial charge in [-0.3, -0.25) is 0 Å². The second kappa shape index (κ2) is 7.31. The normalized spacial score (nSPS) is 12.1. The lowest BCUT2D eigenvalue weighted by Crippen LogP contribution is -2.21. The van der Waals surface area contributed by atoms with Gasteiger partial charge in [0.25, 0.3) is 21.9 Å². The molecule has 1 N–H and O–H groups in total. The number of alkyl halides is 3. The minimum Gasteiger partial charge on any atom is -0.404 e. The number of aryl methyl sites for hydroxylation is 3. The van der Waals surface area contributed by atoms with Gasteiger partial charge in [-0.1, -0.05) is 12.1 Å². The smallest absolute Gasteiger partial charge is 0.404 e. The number of hydrogen-bond donors (Lipinski definition) is 1. The number of ether oxygens (including phenoxy) is 1. The largest absolute Gasteiger partial charge is 0.573 e. The molecule has 1 aromatic carbocycles. The minimum absolute atomic E-state index is 0.179. The van der Waals surface area contributed by atoms with E-state index in [9.17, 15) is 21.6 Å². The van der Waals surface area contributed by atoms with Gasteiger partial charge in [0.2, 0.25) is 0 Å². The molecule has 0 aliphatic rings. The number of nitrogens with one attached hydrogen (secondary N) is 1. The Kier molecular flexibility index (Phi) is 5.17. The Morgan fingerprint density at radius 3 is 2.28 bits per heavy atom. The van der Waals surface area contributed by atoms with Crippen LogP contribution < -0.4 is 9.46 Å². The summed E-state index contributed by atoms with van der Waals surface area (Å²) in [6, 6.07) is 6.09. The standard InChI is InChI=1S/C16H15F3N6O3S/c1-9-8-10(2)21-15(20-9)25-11(3)22-14(23-25)24-29(26,27)13-7-5-4-6-12(13)28-16(17,18)19/h4-8H,1-3H3,(H,23,24). The second-order valence-electron chi connectivity index (χ2n) is 5.95. The summed E-state index contributed by atoms with van der Waals surface area (Å²) in [7, 11) is -4.47. The monoisotopic (exact) mass is 428 g/mol. The van der Waals surface area contributed by atoms with E-state index in [1.807, 2.05) is 4.72 Å². The molecule has 0 atom stereocenters. The summed E-state index contributed by atoms with van der Waals surface area (Å²) in [6.07, 6.45) is -5.05. The first-order valence-corrected chi connectivity index (χ1v) is 9.57. The first kappa shape index (κ1) is 20.5. The van der Waals surface area contributed by atoms with Crippen LogP contribution in [0.4, 0.5) is 19.1 Å². The van der Waals surface area contributed by atoms with Gasteiger partial charge in [0.05, 0.1) is 0 Å². The summed E-state index contributed by atoms with van der Waals surface area (Å²) in [6.45, 7) is 5.06. The molecule has 29 heavy (non-hydrogen) atoms. The van der Waals surface area contributed by atoms with Gasteiger partial charge in [-0.15, -0.1) is 18.3 Å². The van der Waals surface area contributed by atoms with Crippen molar-refractivity contribution >= 4 is 16.0 Å². The second-order valence-corrected chi connectivity index (χ2v) is 7.60. The molecule has 154 valence electrons. The minimum atomic E-state index is -5.05. The molecule has 2 aromatic heterocycles. The molecule has 0 saturated carbocycles. The molecule has 13 heteroatoms. The number of rotatable bonds is 5. The van der Waals surface area contributed by atoms with E-state index in [4.69, 9.17) is 0 Å². The van der Waals surface area contributed by atoms with Gasteiger partial charge < -0.3 is 4.74 Å². The number of hydrogen-bond acceptors (Lipinski definition) is 7. The summed E-state index contributed by atoms with van der Waals surface area (Å²) >= 11 is 0. The van der Waals surface area contributed by atoms with Crippen molar-refractivity contribution in [2.45, 2.75) is 32.0 Å². The molecule has 9 nitrogen and oxygen atoms in total. The predicted octanol–water partition coefficient (Wildman–Crippen LogP) is 2.68. The molecule has 0 bridgehead atoms. The Hall–Kier alpha value is -3.22. The zero-order valence-electron chi connectivity index (χ0n) is 15.4. The van der Waals surface area contributed by atoms with Gasteiger partial charge >= 0.3 is 6.36 Å². The summed E-state index contributed by atoms with van der Waals surface area (Å²) in [5.41, 5.74) is 1.34. The molecule has 0 aliphatic carbocycles. The molecular formula is C16H15F3N6O3S. The van der Waals surface area contributed by atoms with Crippen LogP contribution in [0.25, 0.3) is 5.95 Å².